The number of halogens is 4. The van der Waals surface area contributed by atoms with Crippen molar-refractivity contribution in [1.82, 2.24) is 10.3 Å². The number of alkyl halides is 4. The molecular weight excluding hydrogens is 476 g/mol. The fourth-order valence-corrected chi connectivity index (χ4v) is 2.94. The van der Waals surface area contributed by atoms with E-state index in [-0.39, 0.29) is 17.3 Å². The first-order chi connectivity index (χ1) is 16.6. The molecule has 0 aliphatic carbocycles. The second kappa shape index (κ2) is 9.00. The van der Waals surface area contributed by atoms with Gasteiger partial charge in [-0.15, -0.1) is 0 Å². The number of anilines is 2. The van der Waals surface area contributed by atoms with E-state index in [1.165, 1.54) is 55.7 Å². The lowest BCUT2D eigenvalue weighted by Gasteiger charge is -2.32. The van der Waals surface area contributed by atoms with Gasteiger partial charge in [-0.2, -0.15) is 17.6 Å². The molecule has 0 saturated carbocycles. The van der Waals surface area contributed by atoms with Gasteiger partial charge in [0.15, 0.2) is 11.5 Å². The standard InChI is InChI=1S/C22H16F4N4O5/c1-27-19(31)16-11-14(9-10-28-16)33-13-7-5-12(6-8-13)29-20(32)30-15-3-2-4-17-18(15)35-22(25,26)21(23,24)34-17/h2-11H,1H3,(H,27,31)(H2,29,30,32). The van der Waals surface area contributed by atoms with Gasteiger partial charge in [-0.3, -0.25) is 9.78 Å². The number of nitrogens with one attached hydrogen (secondary N) is 3. The van der Waals surface area contributed by atoms with Gasteiger partial charge in [0.25, 0.3) is 5.91 Å². The molecule has 0 radical (unpaired) electrons. The van der Waals surface area contributed by atoms with Crippen molar-refractivity contribution in [1.29, 1.82) is 0 Å². The summed E-state index contributed by atoms with van der Waals surface area (Å²) >= 11 is 0. The number of carbonyl (C=O) groups excluding carboxylic acids is 2. The van der Waals surface area contributed by atoms with Crippen molar-refractivity contribution in [3.05, 3.63) is 66.5 Å². The summed E-state index contributed by atoms with van der Waals surface area (Å²) in [6, 6.07) is 11.6. The van der Waals surface area contributed by atoms with Crippen molar-refractivity contribution in [2.45, 2.75) is 12.2 Å². The van der Waals surface area contributed by atoms with Crippen LogP contribution in [0.4, 0.5) is 33.7 Å². The lowest BCUT2D eigenvalue weighted by molar-refractivity contribution is -0.391. The smallest absolute Gasteiger partial charge is 0.457 e. The summed E-state index contributed by atoms with van der Waals surface area (Å²) in [6.45, 7) is 0. The van der Waals surface area contributed by atoms with E-state index in [4.69, 9.17) is 4.74 Å². The van der Waals surface area contributed by atoms with Gasteiger partial charge in [-0.25, -0.2) is 4.79 Å². The third kappa shape index (κ3) is 5.03. The maximum atomic E-state index is 13.5. The molecule has 1 aromatic heterocycles. The van der Waals surface area contributed by atoms with E-state index in [0.29, 0.717) is 17.2 Å². The Balaban J connectivity index is 1.41. The zero-order valence-electron chi connectivity index (χ0n) is 17.8. The largest absolute Gasteiger partial charge is 0.507 e. The van der Waals surface area contributed by atoms with Crippen LogP contribution in [0.1, 0.15) is 10.5 Å². The molecule has 9 nitrogen and oxygen atoms in total. The van der Waals surface area contributed by atoms with E-state index in [2.05, 4.69) is 30.4 Å². The summed E-state index contributed by atoms with van der Waals surface area (Å²) in [7, 11) is 1.47. The van der Waals surface area contributed by atoms with Gasteiger partial charge in [0, 0.05) is 25.0 Å². The summed E-state index contributed by atoms with van der Waals surface area (Å²) in [5, 5.41) is 7.16. The number of ether oxygens (including phenoxy) is 3. The number of aromatic nitrogens is 1. The lowest BCUT2D eigenvalue weighted by Crippen LogP contribution is -2.52. The average Bonchev–Trinajstić information content (AvgIpc) is 2.81. The van der Waals surface area contributed by atoms with Gasteiger partial charge < -0.3 is 30.2 Å². The van der Waals surface area contributed by atoms with E-state index < -0.39 is 29.7 Å². The number of fused-ring (bicyclic) bond motifs is 1. The van der Waals surface area contributed by atoms with Crippen LogP contribution in [0.15, 0.2) is 60.8 Å². The fourth-order valence-electron chi connectivity index (χ4n) is 2.94. The number of pyridine rings is 1. The normalized spacial score (nSPS) is 15.0. The Morgan fingerprint density at radius 3 is 2.34 bits per heavy atom. The number of para-hydroxylation sites is 1. The first-order valence-electron chi connectivity index (χ1n) is 9.89. The number of benzene rings is 2. The van der Waals surface area contributed by atoms with E-state index >= 15 is 0 Å². The van der Waals surface area contributed by atoms with Gasteiger partial charge >= 0.3 is 18.2 Å². The van der Waals surface area contributed by atoms with Crippen LogP contribution in [0.3, 0.4) is 0 Å². The summed E-state index contributed by atoms with van der Waals surface area (Å²) in [5.74, 6) is -1.03. The predicted octanol–water partition coefficient (Wildman–Crippen LogP) is 4.83. The van der Waals surface area contributed by atoms with Gasteiger partial charge in [-0.1, -0.05) is 6.07 Å². The Kier molecular flexibility index (Phi) is 6.07. The maximum Gasteiger partial charge on any atom is 0.507 e. The zero-order valence-corrected chi connectivity index (χ0v) is 17.8. The monoisotopic (exact) mass is 492 g/mol. The van der Waals surface area contributed by atoms with E-state index in [0.717, 1.165) is 6.07 Å². The van der Waals surface area contributed by atoms with Gasteiger partial charge in [0.05, 0.1) is 5.69 Å². The summed E-state index contributed by atoms with van der Waals surface area (Å²) in [6.07, 6.45) is -8.39. The molecule has 2 heterocycles. The van der Waals surface area contributed by atoms with E-state index in [1.54, 1.807) is 6.07 Å². The third-order valence-corrected chi connectivity index (χ3v) is 4.57. The van der Waals surface area contributed by atoms with Crippen LogP contribution in [0.25, 0.3) is 0 Å². The van der Waals surface area contributed by atoms with Crippen molar-refractivity contribution in [3.8, 4) is 23.0 Å². The quantitative estimate of drug-likeness (QED) is 0.440. The molecule has 35 heavy (non-hydrogen) atoms. The first kappa shape index (κ1) is 23.6. The molecule has 3 aromatic rings. The molecule has 1 aliphatic heterocycles. The fraction of sp³-hybridized carbons (Fsp3) is 0.136. The molecule has 0 bridgehead atoms. The highest BCUT2D eigenvalue weighted by Crippen LogP contribution is 2.49. The zero-order chi connectivity index (χ0) is 25.2. The number of nitrogens with zero attached hydrogens (tertiary/aromatic N) is 1. The van der Waals surface area contributed by atoms with Gasteiger partial charge in [-0.05, 0) is 42.5 Å². The molecular formula is C22H16F4N4O5. The highest BCUT2D eigenvalue weighted by molar-refractivity contribution is 6.01. The molecule has 0 spiro atoms. The number of amides is 3. The minimum atomic E-state index is -4.93. The first-order valence-corrected chi connectivity index (χ1v) is 9.89. The molecule has 3 N–H and O–H groups in total. The van der Waals surface area contributed by atoms with Crippen molar-refractivity contribution in [3.63, 3.8) is 0 Å². The minimum absolute atomic E-state index is 0.166. The average molecular weight is 492 g/mol. The van der Waals surface area contributed by atoms with Gasteiger partial charge in [0.1, 0.15) is 17.2 Å². The Labute approximate surface area is 195 Å². The van der Waals surface area contributed by atoms with Crippen molar-refractivity contribution >= 4 is 23.3 Å². The highest BCUT2D eigenvalue weighted by atomic mass is 19.3. The van der Waals surface area contributed by atoms with Crippen molar-refractivity contribution < 1.29 is 41.4 Å². The Hall–Kier alpha value is -4.55. The minimum Gasteiger partial charge on any atom is -0.457 e. The van der Waals surface area contributed by atoms with Gasteiger partial charge in [0.2, 0.25) is 0 Å². The summed E-state index contributed by atoms with van der Waals surface area (Å²) < 4.78 is 67.6. The molecule has 1 aliphatic rings. The van der Waals surface area contributed by atoms with E-state index in [9.17, 15) is 27.2 Å². The molecule has 2 aromatic carbocycles. The third-order valence-electron chi connectivity index (χ3n) is 4.57. The topological polar surface area (TPSA) is 111 Å². The number of carbonyl (C=O) groups is 2. The molecule has 3 amide bonds. The summed E-state index contributed by atoms with van der Waals surface area (Å²) in [5.41, 5.74) is 0.160. The Morgan fingerprint density at radius 1 is 0.914 bits per heavy atom. The molecule has 0 atom stereocenters. The molecule has 13 heteroatoms. The second-order valence-electron chi connectivity index (χ2n) is 7.03. The highest BCUT2D eigenvalue weighted by Gasteiger charge is 2.66. The van der Waals surface area contributed by atoms with Crippen LogP contribution in [0, 0.1) is 0 Å². The second-order valence-corrected chi connectivity index (χ2v) is 7.03. The molecule has 0 unspecified atom stereocenters. The number of rotatable bonds is 5. The van der Waals surface area contributed by atoms with Crippen LogP contribution in [-0.2, 0) is 0 Å². The number of hydrogen-bond acceptors (Lipinski definition) is 6. The SMILES string of the molecule is CNC(=O)c1cc(Oc2ccc(NC(=O)Nc3cccc4c3OC(F)(F)C(F)(F)O4)cc2)ccn1. The number of urea groups is 1. The predicted molar refractivity (Wildman–Crippen MR) is 114 cm³/mol. The summed E-state index contributed by atoms with van der Waals surface area (Å²) in [4.78, 5) is 27.9. The lowest BCUT2D eigenvalue weighted by atomic mass is 10.2. The molecule has 182 valence electrons. The van der Waals surface area contributed by atoms with E-state index in [1.807, 2.05) is 0 Å². The maximum absolute atomic E-state index is 13.5. The van der Waals surface area contributed by atoms with Crippen LogP contribution >= 0.6 is 0 Å². The van der Waals surface area contributed by atoms with Crippen LogP contribution < -0.4 is 30.2 Å². The Bertz CT molecular complexity index is 1270. The van der Waals surface area contributed by atoms with Crippen LogP contribution in [0.5, 0.6) is 23.0 Å². The number of hydrogen-bond donors (Lipinski definition) is 3. The van der Waals surface area contributed by atoms with Crippen LogP contribution in [0.2, 0.25) is 0 Å². The van der Waals surface area contributed by atoms with Crippen LogP contribution in [-0.4, -0.2) is 36.2 Å². The van der Waals surface area contributed by atoms with Crippen molar-refractivity contribution in [2.24, 2.45) is 0 Å². The molecule has 4 rings (SSSR count). The molecule has 0 fully saturated rings. The Morgan fingerprint density at radius 2 is 1.63 bits per heavy atom. The molecule has 0 saturated heterocycles. The van der Waals surface area contributed by atoms with Crippen molar-refractivity contribution in [2.75, 3.05) is 17.7 Å².